The Morgan fingerprint density at radius 3 is 2.55 bits per heavy atom. The number of carbonyl (C=O) groups excluding carboxylic acids is 1. The average molecular weight is 444 g/mol. The summed E-state index contributed by atoms with van der Waals surface area (Å²) in [6.45, 7) is 2.53. The summed E-state index contributed by atoms with van der Waals surface area (Å²) in [6, 6.07) is 24.1. The summed E-state index contributed by atoms with van der Waals surface area (Å²) in [7, 11) is 4.02. The van der Waals surface area contributed by atoms with Crippen LogP contribution in [-0.2, 0) is 6.42 Å². The van der Waals surface area contributed by atoms with Crippen LogP contribution in [0.25, 0.3) is 10.8 Å². The van der Waals surface area contributed by atoms with E-state index in [9.17, 15) is 4.79 Å². The fourth-order valence-corrected chi connectivity index (χ4v) is 5.00. The van der Waals surface area contributed by atoms with Crippen LogP contribution >= 0.6 is 0 Å². The largest absolute Gasteiger partial charge is 0.351 e. The Balaban J connectivity index is 1.28. The van der Waals surface area contributed by atoms with E-state index in [2.05, 4.69) is 70.1 Å². The molecule has 2 N–H and O–H groups in total. The molecule has 3 aromatic carbocycles. The predicted octanol–water partition coefficient (Wildman–Crippen LogP) is 4.99. The van der Waals surface area contributed by atoms with Gasteiger partial charge >= 0.3 is 0 Å². The van der Waals surface area contributed by atoms with E-state index in [0.29, 0.717) is 18.5 Å². The van der Waals surface area contributed by atoms with E-state index in [1.165, 1.54) is 47.6 Å². The van der Waals surface area contributed by atoms with Gasteiger partial charge in [0.2, 0.25) is 0 Å². The molecule has 0 radical (unpaired) electrons. The third-order valence-electron chi connectivity index (χ3n) is 6.87. The first kappa shape index (κ1) is 23.5. The van der Waals surface area contributed by atoms with Gasteiger partial charge in [-0.05, 0) is 86.3 Å². The van der Waals surface area contributed by atoms with Crippen LogP contribution in [0.15, 0.2) is 66.7 Å². The lowest BCUT2D eigenvalue weighted by Crippen LogP contribution is -2.35. The second-order valence-electron chi connectivity index (χ2n) is 9.58. The van der Waals surface area contributed by atoms with Gasteiger partial charge in [-0.25, -0.2) is 0 Å². The number of likely N-dealkylation sites (N-methyl/N-ethyl adjacent to an activating group) is 1. The van der Waals surface area contributed by atoms with Gasteiger partial charge in [-0.2, -0.15) is 0 Å². The van der Waals surface area contributed by atoms with Crippen molar-refractivity contribution in [1.29, 1.82) is 0 Å². The minimum absolute atomic E-state index is 0.0139. The van der Waals surface area contributed by atoms with Crippen LogP contribution in [0, 0.1) is 0 Å². The summed E-state index contributed by atoms with van der Waals surface area (Å²) in [5.74, 6) is 0.583. The van der Waals surface area contributed by atoms with Crippen molar-refractivity contribution in [3.63, 3.8) is 0 Å². The van der Waals surface area contributed by atoms with Crippen LogP contribution in [0.4, 0.5) is 0 Å². The fourth-order valence-electron chi connectivity index (χ4n) is 5.00. The van der Waals surface area contributed by atoms with Crippen LogP contribution < -0.4 is 10.6 Å². The highest BCUT2D eigenvalue weighted by Gasteiger charge is 2.23. The third-order valence-corrected chi connectivity index (χ3v) is 6.87. The lowest BCUT2D eigenvalue weighted by molar-refractivity contribution is 0.0951. The van der Waals surface area contributed by atoms with Gasteiger partial charge in [-0.3, -0.25) is 4.79 Å². The number of hydrogen-bond acceptors (Lipinski definition) is 3. The highest BCUT2D eigenvalue weighted by Crippen LogP contribution is 2.33. The highest BCUT2D eigenvalue weighted by molar-refractivity contribution is 5.94. The molecule has 2 unspecified atom stereocenters. The molecule has 1 aliphatic rings. The highest BCUT2D eigenvalue weighted by atomic mass is 16.1. The summed E-state index contributed by atoms with van der Waals surface area (Å²) in [6.07, 6.45) is 5.96. The molecule has 1 saturated carbocycles. The Bertz CT molecular complexity index is 1040. The normalized spacial score (nSPS) is 18.5. The molecule has 0 aromatic heterocycles. The number of fused-ring (bicyclic) bond motifs is 1. The van der Waals surface area contributed by atoms with Gasteiger partial charge in [0.25, 0.3) is 5.91 Å². The Morgan fingerprint density at radius 1 is 0.939 bits per heavy atom. The molecule has 1 fully saturated rings. The Morgan fingerprint density at radius 2 is 1.73 bits per heavy atom. The van der Waals surface area contributed by atoms with Gasteiger partial charge in [-0.15, -0.1) is 0 Å². The summed E-state index contributed by atoms with van der Waals surface area (Å²) >= 11 is 0. The van der Waals surface area contributed by atoms with Crippen molar-refractivity contribution in [2.24, 2.45) is 0 Å². The molecule has 0 aliphatic heterocycles. The van der Waals surface area contributed by atoms with Crippen molar-refractivity contribution < 1.29 is 4.79 Å². The molecule has 0 saturated heterocycles. The maximum atomic E-state index is 12.3. The molecule has 4 rings (SSSR count). The quantitative estimate of drug-likeness (QED) is 0.490. The Hall–Kier alpha value is -2.69. The number of benzene rings is 3. The SMILES string of the molecule is CN(C)CCNC(=O)c1ccc(C2CCCC(NCCc3cccc4ccccc34)C2)cc1. The molecule has 33 heavy (non-hydrogen) atoms. The van der Waals surface area contributed by atoms with Gasteiger partial charge in [0.15, 0.2) is 0 Å². The van der Waals surface area contributed by atoms with E-state index in [1.54, 1.807) is 0 Å². The van der Waals surface area contributed by atoms with Gasteiger partial charge < -0.3 is 15.5 Å². The van der Waals surface area contributed by atoms with E-state index in [-0.39, 0.29) is 5.91 Å². The molecule has 1 amide bonds. The van der Waals surface area contributed by atoms with E-state index in [1.807, 2.05) is 26.2 Å². The van der Waals surface area contributed by atoms with E-state index < -0.39 is 0 Å². The molecular formula is C29H37N3O. The van der Waals surface area contributed by atoms with Gasteiger partial charge in [0, 0.05) is 24.7 Å². The minimum Gasteiger partial charge on any atom is -0.351 e. The molecule has 4 heteroatoms. The van der Waals surface area contributed by atoms with Crippen molar-refractivity contribution >= 4 is 16.7 Å². The molecule has 0 spiro atoms. The van der Waals surface area contributed by atoms with Crippen molar-refractivity contribution in [2.45, 2.75) is 44.1 Å². The topological polar surface area (TPSA) is 44.4 Å². The standard InChI is InChI=1S/C29H37N3O/c1-32(2)20-19-31-29(33)25-15-13-22(14-16-25)26-10-6-11-27(21-26)30-18-17-24-9-5-8-23-7-3-4-12-28(23)24/h3-5,7-9,12-16,26-27,30H,6,10-11,17-21H2,1-2H3,(H,31,33). The molecular weight excluding hydrogens is 406 g/mol. The number of carbonyl (C=O) groups is 1. The van der Waals surface area contributed by atoms with E-state index >= 15 is 0 Å². The fraction of sp³-hybridized carbons (Fsp3) is 0.414. The van der Waals surface area contributed by atoms with Crippen LogP contribution in [0.1, 0.15) is 53.1 Å². The van der Waals surface area contributed by atoms with E-state index in [0.717, 1.165) is 25.1 Å². The van der Waals surface area contributed by atoms with Gasteiger partial charge in [0.1, 0.15) is 0 Å². The summed E-state index contributed by atoms with van der Waals surface area (Å²) in [5.41, 5.74) is 3.53. The van der Waals surface area contributed by atoms with Crippen molar-refractivity contribution in [2.75, 3.05) is 33.7 Å². The third kappa shape index (κ3) is 6.43. The predicted molar refractivity (Wildman–Crippen MR) is 138 cm³/mol. The number of hydrogen-bond donors (Lipinski definition) is 2. The van der Waals surface area contributed by atoms with Crippen LogP contribution in [-0.4, -0.2) is 50.6 Å². The van der Waals surface area contributed by atoms with Crippen LogP contribution in [0.5, 0.6) is 0 Å². The van der Waals surface area contributed by atoms with Gasteiger partial charge in [-0.1, -0.05) is 61.0 Å². The van der Waals surface area contributed by atoms with Crippen LogP contribution in [0.2, 0.25) is 0 Å². The second kappa shape index (κ2) is 11.4. The zero-order valence-electron chi connectivity index (χ0n) is 20.0. The molecule has 2 atom stereocenters. The first-order valence-electron chi connectivity index (χ1n) is 12.3. The van der Waals surface area contributed by atoms with Crippen LogP contribution in [0.3, 0.4) is 0 Å². The summed E-state index contributed by atoms with van der Waals surface area (Å²) < 4.78 is 0. The maximum absolute atomic E-state index is 12.3. The minimum atomic E-state index is 0.0139. The molecule has 174 valence electrons. The second-order valence-corrected chi connectivity index (χ2v) is 9.58. The van der Waals surface area contributed by atoms with Crippen molar-refractivity contribution in [3.8, 4) is 0 Å². The number of nitrogens with zero attached hydrogens (tertiary/aromatic N) is 1. The number of amides is 1. The lowest BCUT2D eigenvalue weighted by atomic mass is 9.81. The Labute approximate surface area is 198 Å². The Kier molecular flexibility index (Phi) is 8.14. The molecule has 1 aliphatic carbocycles. The maximum Gasteiger partial charge on any atom is 0.251 e. The smallest absolute Gasteiger partial charge is 0.251 e. The zero-order chi connectivity index (χ0) is 23.0. The number of nitrogens with one attached hydrogen (secondary N) is 2. The molecule has 0 bridgehead atoms. The van der Waals surface area contributed by atoms with Crippen molar-refractivity contribution in [1.82, 2.24) is 15.5 Å². The average Bonchev–Trinajstić information content (AvgIpc) is 2.84. The first-order chi connectivity index (χ1) is 16.1. The lowest BCUT2D eigenvalue weighted by Gasteiger charge is -2.30. The summed E-state index contributed by atoms with van der Waals surface area (Å²) in [4.78, 5) is 14.4. The monoisotopic (exact) mass is 443 g/mol. The summed E-state index contributed by atoms with van der Waals surface area (Å²) in [5, 5.41) is 9.51. The van der Waals surface area contributed by atoms with E-state index in [4.69, 9.17) is 0 Å². The molecule has 4 nitrogen and oxygen atoms in total. The van der Waals surface area contributed by atoms with Crippen molar-refractivity contribution in [3.05, 3.63) is 83.4 Å². The molecule has 3 aromatic rings. The number of rotatable bonds is 9. The molecule has 0 heterocycles. The first-order valence-corrected chi connectivity index (χ1v) is 12.3. The zero-order valence-corrected chi connectivity index (χ0v) is 20.0. The van der Waals surface area contributed by atoms with Gasteiger partial charge in [0.05, 0.1) is 0 Å².